The first-order chi connectivity index (χ1) is 19.2. The summed E-state index contributed by atoms with van der Waals surface area (Å²) < 4.78 is 27.7. The van der Waals surface area contributed by atoms with Crippen molar-refractivity contribution in [2.45, 2.75) is 78.7 Å². The van der Waals surface area contributed by atoms with Gasteiger partial charge in [-0.2, -0.15) is 5.26 Å². The average Bonchev–Trinajstić information content (AvgIpc) is 2.89. The lowest BCUT2D eigenvalue weighted by Gasteiger charge is -2.22. The Morgan fingerprint density at radius 1 is 0.975 bits per heavy atom. The number of rotatable bonds is 15. The zero-order chi connectivity index (χ0) is 29.5. The summed E-state index contributed by atoms with van der Waals surface area (Å²) in [6.45, 7) is 9.58. The van der Waals surface area contributed by atoms with Gasteiger partial charge < -0.3 is 10.2 Å². The quantitative estimate of drug-likeness (QED) is 0.0940. The highest BCUT2D eigenvalue weighted by Crippen LogP contribution is 2.16. The van der Waals surface area contributed by atoms with Crippen LogP contribution in [0, 0.1) is 30.0 Å². The topological polar surface area (TPSA) is 97.6 Å². The van der Waals surface area contributed by atoms with E-state index in [2.05, 4.69) is 15.6 Å². The molecule has 40 heavy (non-hydrogen) atoms. The Morgan fingerprint density at radius 2 is 1.62 bits per heavy atom. The second-order valence-corrected chi connectivity index (χ2v) is 9.99. The molecule has 216 valence electrons. The van der Waals surface area contributed by atoms with Crippen molar-refractivity contribution in [3.05, 3.63) is 70.3 Å². The molecule has 0 radical (unpaired) electrons. The lowest BCUT2D eigenvalue weighted by molar-refractivity contribution is 0.0755. The number of hydrogen-bond acceptors (Lipinski definition) is 4. The standard InChI is InChI=1S/C31H41F2N5O2/c1-5-9-29(36-21-34)35-11-8-10-28(18-23-16-26(32)20-27(33)17-23)37-30(39)24-14-22(4)15-25(19-24)31(40)38(12-6-2)13-7-3/h14-17,19-20,28H,5-13,18H2,1-4H3,(H,35,36)(H,37,39)/t28-/m1/s1. The van der Waals surface area contributed by atoms with Crippen LogP contribution in [0.2, 0.25) is 0 Å². The van der Waals surface area contributed by atoms with Crippen molar-refractivity contribution < 1.29 is 18.4 Å². The number of hydrogen-bond donors (Lipinski definition) is 2. The van der Waals surface area contributed by atoms with E-state index in [1.54, 1.807) is 23.1 Å². The number of amidine groups is 1. The SMILES string of the molecule is CCCC(=NCCC[C@H](Cc1cc(F)cc(F)c1)NC(=O)c1cc(C)cc(C(=O)N(CCC)CCC)c1)NC#N. The van der Waals surface area contributed by atoms with Crippen molar-refractivity contribution in [1.82, 2.24) is 15.5 Å². The maximum absolute atomic E-state index is 13.9. The number of nitrogens with one attached hydrogen (secondary N) is 2. The zero-order valence-corrected chi connectivity index (χ0v) is 24.0. The number of aryl methyl sites for hydroxylation is 1. The molecule has 0 fully saturated rings. The number of nitriles is 1. The molecule has 2 rings (SSSR count). The van der Waals surface area contributed by atoms with Crippen molar-refractivity contribution >= 4 is 17.6 Å². The fourth-order valence-corrected chi connectivity index (χ4v) is 4.62. The Labute approximate surface area is 236 Å². The molecule has 0 aliphatic carbocycles. The van der Waals surface area contributed by atoms with Gasteiger partial charge in [0.15, 0.2) is 6.19 Å². The van der Waals surface area contributed by atoms with Gasteiger partial charge in [-0.05, 0) is 86.9 Å². The molecule has 0 aliphatic heterocycles. The Morgan fingerprint density at radius 3 is 2.23 bits per heavy atom. The first-order valence-corrected chi connectivity index (χ1v) is 14.1. The van der Waals surface area contributed by atoms with Crippen molar-refractivity contribution in [3.63, 3.8) is 0 Å². The van der Waals surface area contributed by atoms with Crippen LogP contribution in [0.3, 0.4) is 0 Å². The lowest BCUT2D eigenvalue weighted by atomic mass is 10.00. The summed E-state index contributed by atoms with van der Waals surface area (Å²) in [4.78, 5) is 32.8. The van der Waals surface area contributed by atoms with Crippen LogP contribution in [0.15, 0.2) is 41.4 Å². The maximum Gasteiger partial charge on any atom is 0.253 e. The zero-order valence-electron chi connectivity index (χ0n) is 24.0. The molecular formula is C31H41F2N5O2. The van der Waals surface area contributed by atoms with E-state index >= 15 is 0 Å². The van der Waals surface area contributed by atoms with Crippen LogP contribution >= 0.6 is 0 Å². The van der Waals surface area contributed by atoms with Crippen molar-refractivity contribution in [2.75, 3.05) is 19.6 Å². The number of benzene rings is 2. The third kappa shape index (κ3) is 10.8. The van der Waals surface area contributed by atoms with Crippen LogP contribution in [0.4, 0.5) is 8.78 Å². The molecule has 2 amide bonds. The van der Waals surface area contributed by atoms with E-state index in [9.17, 15) is 18.4 Å². The number of carbonyl (C=O) groups excluding carboxylic acids is 2. The number of halogens is 2. The fraction of sp³-hybridized carbons (Fsp3) is 0.484. The average molecular weight is 554 g/mol. The van der Waals surface area contributed by atoms with E-state index in [1.807, 2.05) is 33.9 Å². The Bertz CT molecular complexity index is 1180. The van der Waals surface area contributed by atoms with Crippen LogP contribution in [0.1, 0.15) is 91.1 Å². The van der Waals surface area contributed by atoms with Gasteiger partial charge in [0.25, 0.3) is 11.8 Å². The van der Waals surface area contributed by atoms with Crippen LogP contribution in [-0.2, 0) is 6.42 Å². The Hall–Kier alpha value is -3.80. The molecule has 7 nitrogen and oxygen atoms in total. The minimum atomic E-state index is -0.679. The summed E-state index contributed by atoms with van der Waals surface area (Å²) >= 11 is 0. The summed E-state index contributed by atoms with van der Waals surface area (Å²) in [6.07, 6.45) is 6.37. The van der Waals surface area contributed by atoms with E-state index in [0.29, 0.717) is 61.4 Å². The highest BCUT2D eigenvalue weighted by molar-refractivity contribution is 6.00. The van der Waals surface area contributed by atoms with Crippen molar-refractivity contribution in [3.8, 4) is 6.19 Å². The molecule has 0 heterocycles. The molecule has 0 bridgehead atoms. The van der Waals surface area contributed by atoms with Gasteiger partial charge in [0, 0.05) is 49.3 Å². The van der Waals surface area contributed by atoms with Crippen LogP contribution in [0.25, 0.3) is 0 Å². The highest BCUT2D eigenvalue weighted by atomic mass is 19.1. The Kier molecular flexibility index (Phi) is 13.8. The molecule has 2 N–H and O–H groups in total. The molecule has 9 heteroatoms. The molecule has 0 saturated heterocycles. The predicted molar refractivity (Wildman–Crippen MR) is 154 cm³/mol. The number of amides is 2. The molecule has 0 saturated carbocycles. The summed E-state index contributed by atoms with van der Waals surface area (Å²) in [7, 11) is 0. The summed E-state index contributed by atoms with van der Waals surface area (Å²) in [5.74, 6) is -1.22. The maximum atomic E-state index is 13.9. The van der Waals surface area contributed by atoms with Gasteiger partial charge in [0.2, 0.25) is 0 Å². The van der Waals surface area contributed by atoms with Gasteiger partial charge in [0.1, 0.15) is 17.5 Å². The number of carbonyl (C=O) groups is 2. The molecule has 2 aromatic carbocycles. The smallest absolute Gasteiger partial charge is 0.253 e. The third-order valence-corrected chi connectivity index (χ3v) is 6.30. The van der Waals surface area contributed by atoms with E-state index in [4.69, 9.17) is 5.26 Å². The molecule has 1 atom stereocenters. The van der Waals surface area contributed by atoms with E-state index in [1.165, 1.54) is 12.1 Å². The molecule has 0 spiro atoms. The molecule has 2 aromatic rings. The summed E-state index contributed by atoms with van der Waals surface area (Å²) in [6, 6.07) is 8.02. The summed E-state index contributed by atoms with van der Waals surface area (Å²) in [5.41, 5.74) is 2.03. The predicted octanol–water partition coefficient (Wildman–Crippen LogP) is 5.93. The first-order valence-electron chi connectivity index (χ1n) is 14.1. The van der Waals surface area contributed by atoms with Crippen LogP contribution in [-0.4, -0.2) is 48.2 Å². The van der Waals surface area contributed by atoms with Gasteiger partial charge >= 0.3 is 0 Å². The van der Waals surface area contributed by atoms with Crippen LogP contribution < -0.4 is 10.6 Å². The van der Waals surface area contributed by atoms with Crippen molar-refractivity contribution in [2.24, 2.45) is 4.99 Å². The number of nitrogens with zero attached hydrogens (tertiary/aromatic N) is 3. The first kappa shape index (κ1) is 32.4. The Balaban J connectivity index is 2.25. The second-order valence-electron chi connectivity index (χ2n) is 9.99. The summed E-state index contributed by atoms with van der Waals surface area (Å²) in [5, 5.41) is 14.5. The molecule has 0 aromatic heterocycles. The van der Waals surface area contributed by atoms with Crippen molar-refractivity contribution in [1.29, 1.82) is 5.26 Å². The highest BCUT2D eigenvalue weighted by Gasteiger charge is 2.20. The third-order valence-electron chi connectivity index (χ3n) is 6.30. The molecule has 0 aliphatic rings. The van der Waals surface area contributed by atoms with Gasteiger partial charge in [-0.1, -0.05) is 20.8 Å². The van der Waals surface area contributed by atoms with Gasteiger partial charge in [-0.3, -0.25) is 19.9 Å². The van der Waals surface area contributed by atoms with Gasteiger partial charge in [0.05, 0.1) is 0 Å². The van der Waals surface area contributed by atoms with Gasteiger partial charge in [-0.25, -0.2) is 8.78 Å². The van der Waals surface area contributed by atoms with Crippen LogP contribution in [0.5, 0.6) is 0 Å². The molecular weight excluding hydrogens is 512 g/mol. The minimum Gasteiger partial charge on any atom is -0.349 e. The van der Waals surface area contributed by atoms with E-state index in [-0.39, 0.29) is 18.2 Å². The lowest BCUT2D eigenvalue weighted by Crippen LogP contribution is -2.37. The largest absolute Gasteiger partial charge is 0.349 e. The van der Waals surface area contributed by atoms with E-state index in [0.717, 1.165) is 30.9 Å². The second kappa shape index (κ2) is 17.0. The fourth-order valence-electron chi connectivity index (χ4n) is 4.62. The van der Waals surface area contributed by atoms with Gasteiger partial charge in [-0.15, -0.1) is 0 Å². The monoisotopic (exact) mass is 553 g/mol. The molecule has 0 unspecified atom stereocenters. The normalized spacial score (nSPS) is 12.0. The number of aliphatic imine (C=N–C) groups is 1. The minimum absolute atomic E-state index is 0.111. The van der Waals surface area contributed by atoms with E-state index < -0.39 is 17.7 Å².